The highest BCUT2D eigenvalue weighted by Gasteiger charge is 2.24. The van der Waals surface area contributed by atoms with Gasteiger partial charge in [0.2, 0.25) is 0 Å². The van der Waals surface area contributed by atoms with Gasteiger partial charge in [-0.25, -0.2) is 4.79 Å². The second kappa shape index (κ2) is 11.0. The van der Waals surface area contributed by atoms with E-state index in [4.69, 9.17) is 16.3 Å². The highest BCUT2D eigenvalue weighted by molar-refractivity contribution is 6.30. The average Bonchev–Trinajstić information content (AvgIpc) is 2.65. The van der Waals surface area contributed by atoms with Crippen molar-refractivity contribution in [1.29, 1.82) is 0 Å². The molecule has 0 aliphatic carbocycles. The number of carbonyl (C=O) groups is 2. The highest BCUT2D eigenvalue weighted by Crippen LogP contribution is 2.14. The van der Waals surface area contributed by atoms with Crippen LogP contribution in [0, 0.1) is 0 Å². The van der Waals surface area contributed by atoms with Gasteiger partial charge in [0.25, 0.3) is 0 Å². The summed E-state index contributed by atoms with van der Waals surface area (Å²) in [5.74, 6) is 0.0128. The Labute approximate surface area is 178 Å². The molecule has 0 aromatic heterocycles. The molecule has 0 heterocycles. The number of rotatable bonds is 9. The van der Waals surface area contributed by atoms with E-state index in [1.807, 2.05) is 30.3 Å². The van der Waals surface area contributed by atoms with E-state index in [1.54, 1.807) is 32.9 Å². The lowest BCUT2D eigenvalue weighted by Gasteiger charge is -2.23. The van der Waals surface area contributed by atoms with E-state index in [0.717, 1.165) is 24.8 Å². The minimum atomic E-state index is -0.622. The lowest BCUT2D eigenvalue weighted by Crippen LogP contribution is -2.44. The monoisotopic (exact) mass is 415 g/mol. The number of ketones is 1. The zero-order valence-corrected chi connectivity index (χ0v) is 18.2. The summed E-state index contributed by atoms with van der Waals surface area (Å²) in [5.41, 5.74) is 1.59. The van der Waals surface area contributed by atoms with Crippen molar-refractivity contribution in [3.05, 3.63) is 70.7 Å². The standard InChI is InChI=1S/C24H30ClNO3/c1-24(2,3)29-23(28)26-21(17-19-13-15-20(25)16-14-19)22(27)12-8-7-11-18-9-5-4-6-10-18/h4-6,9-10,13-16,21H,7-8,11-12,17H2,1-3H3,(H,26,28)/t21-/m0/s1. The van der Waals surface area contributed by atoms with Gasteiger partial charge < -0.3 is 10.1 Å². The minimum absolute atomic E-state index is 0.0128. The number of benzene rings is 2. The number of halogens is 1. The summed E-state index contributed by atoms with van der Waals surface area (Å²) in [7, 11) is 0. The third-order valence-corrected chi connectivity index (χ3v) is 4.67. The van der Waals surface area contributed by atoms with Gasteiger partial charge in [-0.3, -0.25) is 4.79 Å². The zero-order chi connectivity index (χ0) is 21.3. The minimum Gasteiger partial charge on any atom is -0.444 e. The van der Waals surface area contributed by atoms with Gasteiger partial charge in [0, 0.05) is 11.4 Å². The number of aryl methyl sites for hydroxylation is 1. The van der Waals surface area contributed by atoms with Crippen LogP contribution in [0.2, 0.25) is 5.02 Å². The lowest BCUT2D eigenvalue weighted by molar-refractivity contribution is -0.121. The van der Waals surface area contributed by atoms with Crippen LogP contribution >= 0.6 is 11.6 Å². The molecule has 1 atom stereocenters. The Bertz CT molecular complexity index is 782. The summed E-state index contributed by atoms with van der Waals surface area (Å²) in [6.07, 6.45) is 2.90. The molecule has 0 saturated carbocycles. The van der Waals surface area contributed by atoms with Gasteiger partial charge in [-0.05, 0) is 69.7 Å². The molecule has 2 aromatic carbocycles. The molecule has 4 nitrogen and oxygen atoms in total. The fourth-order valence-corrected chi connectivity index (χ4v) is 3.12. The first-order valence-corrected chi connectivity index (χ1v) is 10.4. The Morgan fingerprint density at radius 3 is 2.24 bits per heavy atom. The van der Waals surface area contributed by atoms with Gasteiger partial charge in [0.05, 0.1) is 6.04 Å². The quantitative estimate of drug-likeness (QED) is 0.530. The molecule has 0 bridgehead atoms. The van der Waals surface area contributed by atoms with Crippen molar-refractivity contribution in [2.24, 2.45) is 0 Å². The van der Waals surface area contributed by atoms with Gasteiger partial charge in [0.15, 0.2) is 5.78 Å². The fraction of sp³-hybridized carbons (Fsp3) is 0.417. The van der Waals surface area contributed by atoms with E-state index < -0.39 is 17.7 Å². The number of hydrogen-bond acceptors (Lipinski definition) is 3. The number of Topliss-reactive ketones (excluding diaryl/α,β-unsaturated/α-hetero) is 1. The van der Waals surface area contributed by atoms with Crippen molar-refractivity contribution < 1.29 is 14.3 Å². The Balaban J connectivity index is 1.93. The van der Waals surface area contributed by atoms with Gasteiger partial charge in [-0.15, -0.1) is 0 Å². The number of amides is 1. The summed E-state index contributed by atoms with van der Waals surface area (Å²) in [4.78, 5) is 25.1. The van der Waals surface area contributed by atoms with Crippen LogP contribution in [0.4, 0.5) is 4.79 Å². The van der Waals surface area contributed by atoms with E-state index >= 15 is 0 Å². The Morgan fingerprint density at radius 2 is 1.62 bits per heavy atom. The van der Waals surface area contributed by atoms with Gasteiger partial charge >= 0.3 is 6.09 Å². The molecule has 5 heteroatoms. The van der Waals surface area contributed by atoms with Crippen LogP contribution in [0.5, 0.6) is 0 Å². The number of alkyl carbamates (subject to hydrolysis) is 1. The summed E-state index contributed by atoms with van der Waals surface area (Å²) in [6, 6.07) is 16.9. The first kappa shape index (κ1) is 23.0. The third-order valence-electron chi connectivity index (χ3n) is 4.41. The molecule has 0 radical (unpaired) electrons. The molecule has 0 aliphatic heterocycles. The normalized spacial score (nSPS) is 12.3. The number of carbonyl (C=O) groups excluding carboxylic acids is 2. The van der Waals surface area contributed by atoms with Crippen LogP contribution < -0.4 is 5.32 Å². The predicted octanol–water partition coefficient (Wildman–Crippen LogP) is 5.76. The first-order valence-electron chi connectivity index (χ1n) is 10.0. The number of ether oxygens (including phenoxy) is 1. The van der Waals surface area contributed by atoms with Crippen molar-refractivity contribution in [1.82, 2.24) is 5.32 Å². The molecule has 0 fully saturated rings. The van der Waals surface area contributed by atoms with Crippen LogP contribution in [-0.4, -0.2) is 23.5 Å². The maximum absolute atomic E-state index is 12.8. The van der Waals surface area contributed by atoms with Gasteiger partial charge in [-0.2, -0.15) is 0 Å². The number of hydrogen-bond donors (Lipinski definition) is 1. The van der Waals surface area contributed by atoms with Crippen LogP contribution in [0.25, 0.3) is 0 Å². The predicted molar refractivity (Wildman–Crippen MR) is 117 cm³/mol. The van der Waals surface area contributed by atoms with Crippen molar-refractivity contribution in [3.63, 3.8) is 0 Å². The van der Waals surface area contributed by atoms with Crippen LogP contribution in [0.15, 0.2) is 54.6 Å². The molecule has 29 heavy (non-hydrogen) atoms. The van der Waals surface area contributed by atoms with Crippen LogP contribution in [0.1, 0.15) is 51.2 Å². The molecular formula is C24H30ClNO3. The number of unbranched alkanes of at least 4 members (excludes halogenated alkanes) is 1. The molecule has 2 aromatic rings. The van der Waals surface area contributed by atoms with Crippen molar-refractivity contribution in [2.75, 3.05) is 0 Å². The van der Waals surface area contributed by atoms with Gasteiger partial charge in [-0.1, -0.05) is 54.1 Å². The second-order valence-corrected chi connectivity index (χ2v) is 8.62. The molecule has 156 valence electrons. The maximum atomic E-state index is 12.8. The van der Waals surface area contributed by atoms with Crippen LogP contribution in [0.3, 0.4) is 0 Å². The molecule has 1 amide bonds. The molecule has 2 rings (SSSR count). The summed E-state index contributed by atoms with van der Waals surface area (Å²) < 4.78 is 5.34. The van der Waals surface area contributed by atoms with E-state index in [-0.39, 0.29) is 5.78 Å². The average molecular weight is 416 g/mol. The SMILES string of the molecule is CC(C)(C)OC(=O)N[C@@H](Cc1ccc(Cl)cc1)C(=O)CCCCc1ccccc1. The smallest absolute Gasteiger partial charge is 0.408 e. The van der Waals surface area contributed by atoms with Crippen molar-refractivity contribution in [3.8, 4) is 0 Å². The largest absolute Gasteiger partial charge is 0.444 e. The molecule has 0 unspecified atom stereocenters. The summed E-state index contributed by atoms with van der Waals surface area (Å²) in [6.45, 7) is 5.39. The third kappa shape index (κ3) is 9.14. The Hall–Kier alpha value is -2.33. The highest BCUT2D eigenvalue weighted by atomic mass is 35.5. The summed E-state index contributed by atoms with van der Waals surface area (Å²) in [5, 5.41) is 3.39. The molecule has 0 spiro atoms. The van der Waals surface area contributed by atoms with Crippen molar-refractivity contribution >= 4 is 23.5 Å². The topological polar surface area (TPSA) is 55.4 Å². The Kier molecular flexibility index (Phi) is 8.71. The maximum Gasteiger partial charge on any atom is 0.408 e. The Morgan fingerprint density at radius 1 is 0.966 bits per heavy atom. The molecule has 1 N–H and O–H groups in total. The van der Waals surface area contributed by atoms with E-state index in [9.17, 15) is 9.59 Å². The summed E-state index contributed by atoms with van der Waals surface area (Å²) >= 11 is 5.95. The van der Waals surface area contributed by atoms with E-state index in [2.05, 4.69) is 17.4 Å². The lowest BCUT2D eigenvalue weighted by atomic mass is 9.98. The molecule has 0 saturated heterocycles. The first-order chi connectivity index (χ1) is 13.7. The van der Waals surface area contributed by atoms with Gasteiger partial charge in [0.1, 0.15) is 5.60 Å². The van der Waals surface area contributed by atoms with Crippen molar-refractivity contribution in [2.45, 2.75) is 64.5 Å². The number of nitrogens with one attached hydrogen (secondary N) is 1. The van der Waals surface area contributed by atoms with E-state index in [1.165, 1.54) is 5.56 Å². The second-order valence-electron chi connectivity index (χ2n) is 8.19. The molecule has 0 aliphatic rings. The zero-order valence-electron chi connectivity index (χ0n) is 17.4. The molecular weight excluding hydrogens is 386 g/mol. The van der Waals surface area contributed by atoms with E-state index in [0.29, 0.717) is 17.9 Å². The fourth-order valence-electron chi connectivity index (χ4n) is 3.00. The van der Waals surface area contributed by atoms with Crippen LogP contribution in [-0.2, 0) is 22.4 Å².